The van der Waals surface area contributed by atoms with E-state index in [0.717, 1.165) is 12.2 Å². The number of rotatable bonds is 7. The Labute approximate surface area is 131 Å². The van der Waals surface area contributed by atoms with Crippen molar-refractivity contribution in [3.8, 4) is 0 Å². The smallest absolute Gasteiger partial charge is 0.243 e. The molecule has 2 N–H and O–H groups in total. The standard InChI is InChI=1S/C14H23FN2O2S2/c1-5-12(9-20-4)17(3)21(18,19)13-6-10(2)14(15)11(7-13)8-16/h6-7,12H,5,8-9,16H2,1-4H3. The zero-order valence-corrected chi connectivity index (χ0v) is 14.5. The fraction of sp³-hybridized carbons (Fsp3) is 0.571. The Balaban J connectivity index is 3.27. The van der Waals surface area contributed by atoms with E-state index in [2.05, 4.69) is 0 Å². The van der Waals surface area contributed by atoms with Gasteiger partial charge in [0.2, 0.25) is 10.0 Å². The SMILES string of the molecule is CCC(CSC)N(C)S(=O)(=O)c1cc(C)c(F)c(CN)c1. The van der Waals surface area contributed by atoms with Gasteiger partial charge in [0.25, 0.3) is 0 Å². The number of nitrogens with zero attached hydrogens (tertiary/aromatic N) is 1. The molecule has 0 aliphatic carbocycles. The largest absolute Gasteiger partial charge is 0.326 e. The quantitative estimate of drug-likeness (QED) is 0.831. The minimum atomic E-state index is -3.65. The third-order valence-electron chi connectivity index (χ3n) is 3.54. The molecule has 0 aromatic heterocycles. The molecule has 4 nitrogen and oxygen atoms in total. The fourth-order valence-corrected chi connectivity index (χ4v) is 4.64. The number of nitrogens with two attached hydrogens (primary N) is 1. The van der Waals surface area contributed by atoms with Crippen LogP contribution >= 0.6 is 11.8 Å². The normalized spacial score (nSPS) is 13.7. The van der Waals surface area contributed by atoms with E-state index in [1.54, 1.807) is 25.7 Å². The third-order valence-corrected chi connectivity index (χ3v) is 6.15. The topological polar surface area (TPSA) is 63.4 Å². The lowest BCUT2D eigenvalue weighted by atomic mass is 10.1. The molecule has 1 atom stereocenters. The first kappa shape index (κ1) is 18.4. The minimum absolute atomic E-state index is 0.0260. The highest BCUT2D eigenvalue weighted by Gasteiger charge is 2.27. The van der Waals surface area contributed by atoms with E-state index < -0.39 is 15.8 Å². The van der Waals surface area contributed by atoms with Crippen molar-refractivity contribution < 1.29 is 12.8 Å². The first-order valence-corrected chi connectivity index (χ1v) is 9.59. The maximum atomic E-state index is 13.8. The molecule has 1 rings (SSSR count). The first-order valence-electron chi connectivity index (χ1n) is 6.75. The average Bonchev–Trinajstić information content (AvgIpc) is 2.46. The van der Waals surface area contributed by atoms with Crippen molar-refractivity contribution >= 4 is 21.8 Å². The molecular formula is C14H23FN2O2S2. The molecule has 0 aliphatic heterocycles. The van der Waals surface area contributed by atoms with Crippen LogP contribution in [0.1, 0.15) is 24.5 Å². The number of thioether (sulfide) groups is 1. The second-order valence-electron chi connectivity index (χ2n) is 4.96. The summed E-state index contributed by atoms with van der Waals surface area (Å²) in [6.45, 7) is 3.47. The second-order valence-corrected chi connectivity index (χ2v) is 7.86. The molecule has 0 fully saturated rings. The van der Waals surface area contributed by atoms with Crippen LogP contribution in [0.5, 0.6) is 0 Å². The summed E-state index contributed by atoms with van der Waals surface area (Å²) in [5.41, 5.74) is 6.01. The van der Waals surface area contributed by atoms with Gasteiger partial charge in [-0.2, -0.15) is 16.1 Å². The Kier molecular flexibility index (Phi) is 6.65. The van der Waals surface area contributed by atoms with Crippen LogP contribution in [0.2, 0.25) is 0 Å². The summed E-state index contributed by atoms with van der Waals surface area (Å²) in [7, 11) is -2.08. The van der Waals surface area contributed by atoms with Gasteiger partial charge in [0.1, 0.15) is 5.82 Å². The number of aryl methyl sites for hydroxylation is 1. The van der Waals surface area contributed by atoms with E-state index in [1.165, 1.54) is 16.4 Å². The minimum Gasteiger partial charge on any atom is -0.326 e. The predicted molar refractivity (Wildman–Crippen MR) is 86.4 cm³/mol. The Morgan fingerprint density at radius 2 is 2.05 bits per heavy atom. The molecular weight excluding hydrogens is 311 g/mol. The summed E-state index contributed by atoms with van der Waals surface area (Å²) in [4.78, 5) is 0.101. The number of halogens is 1. The summed E-state index contributed by atoms with van der Waals surface area (Å²) in [6.07, 6.45) is 2.66. The van der Waals surface area contributed by atoms with Gasteiger partial charge in [-0.1, -0.05) is 6.92 Å². The summed E-state index contributed by atoms with van der Waals surface area (Å²) in [6, 6.07) is 2.61. The third kappa shape index (κ3) is 3.97. The first-order chi connectivity index (χ1) is 9.79. The van der Waals surface area contributed by atoms with Gasteiger partial charge in [0, 0.05) is 31.0 Å². The van der Waals surface area contributed by atoms with E-state index in [1.807, 2.05) is 13.2 Å². The number of hydrogen-bond donors (Lipinski definition) is 1. The summed E-state index contributed by atoms with van der Waals surface area (Å²) < 4.78 is 40.6. The van der Waals surface area contributed by atoms with Crippen LogP contribution < -0.4 is 5.73 Å². The van der Waals surface area contributed by atoms with E-state index in [9.17, 15) is 12.8 Å². The Hall–Kier alpha value is -0.630. The molecule has 0 saturated carbocycles. The van der Waals surface area contributed by atoms with Crippen LogP contribution in [0, 0.1) is 12.7 Å². The van der Waals surface area contributed by atoms with E-state index in [0.29, 0.717) is 5.56 Å². The van der Waals surface area contributed by atoms with Crippen LogP contribution in [0.3, 0.4) is 0 Å². The molecule has 0 saturated heterocycles. The zero-order valence-electron chi connectivity index (χ0n) is 12.9. The Bertz CT molecular complexity index is 591. The maximum Gasteiger partial charge on any atom is 0.243 e. The monoisotopic (exact) mass is 334 g/mol. The molecule has 1 aromatic carbocycles. The molecule has 120 valence electrons. The highest BCUT2D eigenvalue weighted by molar-refractivity contribution is 7.98. The van der Waals surface area contributed by atoms with Crippen molar-refractivity contribution in [1.29, 1.82) is 0 Å². The lowest BCUT2D eigenvalue weighted by Crippen LogP contribution is -2.38. The molecule has 0 radical (unpaired) electrons. The molecule has 0 bridgehead atoms. The molecule has 21 heavy (non-hydrogen) atoms. The number of sulfonamides is 1. The van der Waals surface area contributed by atoms with Gasteiger partial charge in [-0.25, -0.2) is 12.8 Å². The van der Waals surface area contributed by atoms with Gasteiger partial charge in [0.15, 0.2) is 0 Å². The van der Waals surface area contributed by atoms with Crippen molar-refractivity contribution in [1.82, 2.24) is 4.31 Å². The molecule has 0 aliphatic rings. The van der Waals surface area contributed by atoms with E-state index >= 15 is 0 Å². The van der Waals surface area contributed by atoms with Gasteiger partial charge in [-0.3, -0.25) is 0 Å². The summed E-state index contributed by atoms with van der Waals surface area (Å²) in [5, 5.41) is 0. The lowest BCUT2D eigenvalue weighted by Gasteiger charge is -2.26. The Morgan fingerprint density at radius 3 is 2.52 bits per heavy atom. The van der Waals surface area contributed by atoms with E-state index in [-0.39, 0.29) is 23.0 Å². The highest BCUT2D eigenvalue weighted by Crippen LogP contribution is 2.24. The molecule has 1 unspecified atom stereocenters. The Morgan fingerprint density at radius 1 is 1.43 bits per heavy atom. The molecule has 1 aromatic rings. The van der Waals surface area contributed by atoms with Gasteiger partial charge in [-0.05, 0) is 37.3 Å². The fourth-order valence-electron chi connectivity index (χ4n) is 2.14. The number of benzene rings is 1. The van der Waals surface area contributed by atoms with Gasteiger partial charge < -0.3 is 5.73 Å². The van der Waals surface area contributed by atoms with Crippen LogP contribution in [0.4, 0.5) is 4.39 Å². The van der Waals surface area contributed by atoms with E-state index in [4.69, 9.17) is 5.73 Å². The predicted octanol–water partition coefficient (Wildman–Crippen LogP) is 2.35. The van der Waals surface area contributed by atoms with Crippen molar-refractivity contribution in [3.05, 3.63) is 29.1 Å². The maximum absolute atomic E-state index is 13.8. The highest BCUT2D eigenvalue weighted by atomic mass is 32.2. The van der Waals surface area contributed by atoms with Crippen LogP contribution in [0.25, 0.3) is 0 Å². The average molecular weight is 334 g/mol. The van der Waals surface area contributed by atoms with Crippen LogP contribution in [-0.4, -0.2) is 37.8 Å². The second kappa shape index (κ2) is 7.58. The molecule has 0 heterocycles. The van der Waals surface area contributed by atoms with Crippen molar-refractivity contribution in [3.63, 3.8) is 0 Å². The number of hydrogen-bond acceptors (Lipinski definition) is 4. The summed E-state index contributed by atoms with van der Waals surface area (Å²) in [5.74, 6) is 0.283. The van der Waals surface area contributed by atoms with Gasteiger partial charge in [0.05, 0.1) is 4.90 Å². The van der Waals surface area contributed by atoms with Gasteiger partial charge >= 0.3 is 0 Å². The summed E-state index contributed by atoms with van der Waals surface area (Å²) >= 11 is 1.60. The van der Waals surface area contributed by atoms with Gasteiger partial charge in [-0.15, -0.1) is 0 Å². The van der Waals surface area contributed by atoms with Crippen molar-refractivity contribution in [2.75, 3.05) is 19.1 Å². The molecule has 0 amide bonds. The van der Waals surface area contributed by atoms with Crippen molar-refractivity contribution in [2.45, 2.75) is 37.8 Å². The van der Waals surface area contributed by atoms with Crippen molar-refractivity contribution in [2.24, 2.45) is 5.73 Å². The molecule has 0 spiro atoms. The van der Waals surface area contributed by atoms with Crippen LogP contribution in [-0.2, 0) is 16.6 Å². The zero-order chi connectivity index (χ0) is 16.2. The van der Waals surface area contributed by atoms with Crippen LogP contribution in [0.15, 0.2) is 17.0 Å². The lowest BCUT2D eigenvalue weighted by molar-refractivity contribution is 0.385. The molecule has 7 heteroatoms.